The summed E-state index contributed by atoms with van der Waals surface area (Å²) in [5.74, 6) is 1.29. The smallest absolute Gasteiger partial charge is 0.306 e. The van der Waals surface area contributed by atoms with E-state index in [0.29, 0.717) is 18.3 Å². The van der Waals surface area contributed by atoms with Gasteiger partial charge in [0.25, 0.3) is 5.91 Å². The summed E-state index contributed by atoms with van der Waals surface area (Å²) >= 11 is 0. The lowest BCUT2D eigenvalue weighted by atomic mass is 9.78. The van der Waals surface area contributed by atoms with Crippen LogP contribution in [0.5, 0.6) is 5.75 Å². The van der Waals surface area contributed by atoms with E-state index in [1.54, 1.807) is 14.0 Å². The summed E-state index contributed by atoms with van der Waals surface area (Å²) in [4.78, 5) is 24.4. The molecule has 144 valence electrons. The minimum atomic E-state index is -0.761. The SMILES string of the molecule is COc1ccc(CCC(=O)O[C@H](C)C(=O)N[C@H]2CCC[C@@H](C)[C@H]2C)cc1. The topological polar surface area (TPSA) is 64.6 Å². The lowest BCUT2D eigenvalue weighted by Crippen LogP contribution is -2.47. The van der Waals surface area contributed by atoms with E-state index in [4.69, 9.17) is 9.47 Å². The second kappa shape index (κ2) is 9.60. The Kier molecular flexibility index (Phi) is 7.49. The number of carbonyl (C=O) groups excluding carboxylic acids is 2. The zero-order valence-corrected chi connectivity index (χ0v) is 16.3. The van der Waals surface area contributed by atoms with E-state index in [9.17, 15) is 9.59 Å². The Balaban J connectivity index is 1.75. The molecule has 1 saturated carbocycles. The molecule has 0 aromatic heterocycles. The van der Waals surface area contributed by atoms with Gasteiger partial charge >= 0.3 is 5.97 Å². The fraction of sp³-hybridized carbons (Fsp3) is 0.619. The van der Waals surface area contributed by atoms with Crippen molar-refractivity contribution in [2.45, 2.75) is 65.0 Å². The first kappa shape index (κ1) is 20.3. The second-order valence-corrected chi connectivity index (χ2v) is 7.36. The van der Waals surface area contributed by atoms with Crippen molar-refractivity contribution in [2.75, 3.05) is 7.11 Å². The molecule has 26 heavy (non-hydrogen) atoms. The number of nitrogens with one attached hydrogen (secondary N) is 1. The van der Waals surface area contributed by atoms with Gasteiger partial charge in [-0.1, -0.05) is 38.8 Å². The third kappa shape index (κ3) is 5.75. The molecule has 5 nitrogen and oxygen atoms in total. The van der Waals surface area contributed by atoms with E-state index in [1.165, 1.54) is 6.42 Å². The van der Waals surface area contributed by atoms with Crippen LogP contribution in [0, 0.1) is 11.8 Å². The predicted molar refractivity (Wildman–Crippen MR) is 101 cm³/mol. The number of esters is 1. The summed E-state index contributed by atoms with van der Waals surface area (Å²) < 4.78 is 10.4. The molecule has 1 aromatic rings. The molecule has 1 aliphatic rings. The van der Waals surface area contributed by atoms with Gasteiger partial charge in [-0.3, -0.25) is 9.59 Å². The van der Waals surface area contributed by atoms with Gasteiger partial charge < -0.3 is 14.8 Å². The van der Waals surface area contributed by atoms with Gasteiger partial charge in [-0.25, -0.2) is 0 Å². The Morgan fingerprint density at radius 1 is 1.19 bits per heavy atom. The van der Waals surface area contributed by atoms with E-state index >= 15 is 0 Å². The highest BCUT2D eigenvalue weighted by Gasteiger charge is 2.30. The van der Waals surface area contributed by atoms with Crippen LogP contribution in [0.2, 0.25) is 0 Å². The lowest BCUT2D eigenvalue weighted by molar-refractivity contribution is -0.155. The molecule has 0 heterocycles. The number of rotatable bonds is 7. The van der Waals surface area contributed by atoms with Crippen molar-refractivity contribution in [2.24, 2.45) is 11.8 Å². The highest BCUT2D eigenvalue weighted by Crippen LogP contribution is 2.29. The van der Waals surface area contributed by atoms with Crippen molar-refractivity contribution in [1.29, 1.82) is 0 Å². The lowest BCUT2D eigenvalue weighted by Gasteiger charge is -2.35. The predicted octanol–water partition coefficient (Wildman–Crippen LogP) is 3.50. The number of hydrogen-bond donors (Lipinski definition) is 1. The fourth-order valence-corrected chi connectivity index (χ4v) is 3.43. The molecule has 1 amide bonds. The number of methoxy groups -OCH3 is 1. The van der Waals surface area contributed by atoms with Crippen LogP contribution in [0.25, 0.3) is 0 Å². The van der Waals surface area contributed by atoms with Crippen LogP contribution in [0.4, 0.5) is 0 Å². The highest BCUT2D eigenvalue weighted by molar-refractivity contribution is 5.83. The molecule has 0 unspecified atom stereocenters. The Morgan fingerprint density at radius 3 is 2.54 bits per heavy atom. The van der Waals surface area contributed by atoms with Crippen LogP contribution in [-0.4, -0.2) is 31.1 Å². The van der Waals surface area contributed by atoms with Crippen molar-refractivity contribution in [1.82, 2.24) is 5.32 Å². The Labute approximate surface area is 156 Å². The summed E-state index contributed by atoms with van der Waals surface area (Å²) in [5.41, 5.74) is 1.03. The fourth-order valence-electron chi connectivity index (χ4n) is 3.43. The third-order valence-corrected chi connectivity index (χ3v) is 5.49. The summed E-state index contributed by atoms with van der Waals surface area (Å²) in [7, 11) is 1.62. The van der Waals surface area contributed by atoms with Crippen molar-refractivity contribution < 1.29 is 19.1 Å². The molecule has 1 aliphatic carbocycles. The van der Waals surface area contributed by atoms with E-state index in [1.807, 2.05) is 24.3 Å². The van der Waals surface area contributed by atoms with Crippen LogP contribution in [0.15, 0.2) is 24.3 Å². The summed E-state index contributed by atoms with van der Waals surface area (Å²) in [6, 6.07) is 7.75. The van der Waals surface area contributed by atoms with Gasteiger partial charge in [0, 0.05) is 12.5 Å². The summed E-state index contributed by atoms with van der Waals surface area (Å²) in [5, 5.41) is 3.06. The van der Waals surface area contributed by atoms with Gasteiger partial charge in [-0.05, 0) is 49.3 Å². The molecule has 0 spiro atoms. The van der Waals surface area contributed by atoms with Crippen molar-refractivity contribution in [3.63, 3.8) is 0 Å². The Morgan fingerprint density at radius 2 is 1.88 bits per heavy atom. The average molecular weight is 361 g/mol. The molecule has 5 heteroatoms. The Hall–Kier alpha value is -2.04. The molecule has 0 bridgehead atoms. The van der Waals surface area contributed by atoms with Gasteiger partial charge in [-0.2, -0.15) is 0 Å². The van der Waals surface area contributed by atoms with Crippen molar-refractivity contribution in [3.05, 3.63) is 29.8 Å². The van der Waals surface area contributed by atoms with Gasteiger partial charge in [0.1, 0.15) is 5.75 Å². The van der Waals surface area contributed by atoms with Crippen LogP contribution >= 0.6 is 0 Å². The number of aryl methyl sites for hydroxylation is 1. The molecular formula is C21H31NO4. The highest BCUT2D eigenvalue weighted by atomic mass is 16.5. The van der Waals surface area contributed by atoms with Gasteiger partial charge in [0.2, 0.25) is 0 Å². The maximum absolute atomic E-state index is 12.3. The van der Waals surface area contributed by atoms with Crippen molar-refractivity contribution >= 4 is 11.9 Å². The second-order valence-electron chi connectivity index (χ2n) is 7.36. The molecule has 4 atom stereocenters. The number of carbonyl (C=O) groups is 2. The van der Waals surface area contributed by atoms with Gasteiger partial charge in [0.05, 0.1) is 7.11 Å². The van der Waals surface area contributed by atoms with Crippen LogP contribution in [-0.2, 0) is 20.7 Å². The van der Waals surface area contributed by atoms with E-state index < -0.39 is 6.10 Å². The minimum Gasteiger partial charge on any atom is -0.497 e. The average Bonchev–Trinajstić information content (AvgIpc) is 2.64. The molecule has 1 N–H and O–H groups in total. The van der Waals surface area contributed by atoms with Crippen LogP contribution < -0.4 is 10.1 Å². The third-order valence-electron chi connectivity index (χ3n) is 5.49. The molecule has 2 rings (SSSR count). The van der Waals surface area contributed by atoms with E-state index in [2.05, 4.69) is 19.2 Å². The maximum Gasteiger partial charge on any atom is 0.306 e. The molecule has 1 aromatic carbocycles. The number of amides is 1. The summed E-state index contributed by atoms with van der Waals surface area (Å²) in [6.45, 7) is 6.05. The quantitative estimate of drug-likeness (QED) is 0.755. The molecule has 0 radical (unpaired) electrons. The normalized spacial score (nSPS) is 23.8. The largest absolute Gasteiger partial charge is 0.497 e. The zero-order chi connectivity index (χ0) is 19.1. The van der Waals surface area contributed by atoms with Crippen LogP contribution in [0.1, 0.15) is 52.0 Å². The minimum absolute atomic E-state index is 0.173. The first-order valence-electron chi connectivity index (χ1n) is 9.53. The van der Waals surface area contributed by atoms with Gasteiger partial charge in [-0.15, -0.1) is 0 Å². The first-order chi connectivity index (χ1) is 12.4. The monoisotopic (exact) mass is 361 g/mol. The standard InChI is InChI=1S/C21H31NO4/c1-14-6-5-7-19(15(14)2)22-21(24)16(3)26-20(23)13-10-17-8-11-18(25-4)12-9-17/h8-9,11-12,14-16,19H,5-7,10,13H2,1-4H3,(H,22,24)/t14-,15-,16-,19+/m1/s1. The van der Waals surface area contributed by atoms with E-state index in [0.717, 1.165) is 24.2 Å². The van der Waals surface area contributed by atoms with Gasteiger partial charge in [0.15, 0.2) is 6.10 Å². The van der Waals surface area contributed by atoms with E-state index in [-0.39, 0.29) is 24.3 Å². The number of hydrogen-bond acceptors (Lipinski definition) is 4. The molecule has 1 fully saturated rings. The Bertz CT molecular complexity index is 599. The van der Waals surface area contributed by atoms with Crippen LogP contribution in [0.3, 0.4) is 0 Å². The molecule has 0 saturated heterocycles. The maximum atomic E-state index is 12.3. The number of benzene rings is 1. The zero-order valence-electron chi connectivity index (χ0n) is 16.3. The first-order valence-corrected chi connectivity index (χ1v) is 9.53. The molecule has 0 aliphatic heterocycles. The van der Waals surface area contributed by atoms with Crippen molar-refractivity contribution in [3.8, 4) is 5.75 Å². The number of ether oxygens (including phenoxy) is 2. The molecular weight excluding hydrogens is 330 g/mol. The summed E-state index contributed by atoms with van der Waals surface area (Å²) in [6.07, 6.45) is 3.41.